The van der Waals surface area contributed by atoms with Crippen molar-refractivity contribution in [3.63, 3.8) is 0 Å². The van der Waals surface area contributed by atoms with Gasteiger partial charge in [-0.15, -0.1) is 0 Å². The van der Waals surface area contributed by atoms with Gasteiger partial charge in [0.15, 0.2) is 5.82 Å². The molecule has 0 aromatic heterocycles. The number of rotatable bonds is 9. The van der Waals surface area contributed by atoms with Gasteiger partial charge in [0, 0.05) is 22.6 Å². The molecule has 5 aromatic carbocycles. The molecule has 0 unspecified atom stereocenters. The number of fused-ring (bicyclic) bond motifs is 1. The first kappa shape index (κ1) is 35.3. The third-order valence-corrected chi connectivity index (χ3v) is 7.90. The van der Waals surface area contributed by atoms with Crippen LogP contribution in [0.15, 0.2) is 66.7 Å². The molecule has 0 aliphatic carbocycles. The van der Waals surface area contributed by atoms with Crippen LogP contribution < -0.4 is 0 Å². The van der Waals surface area contributed by atoms with Crippen molar-refractivity contribution in [3.05, 3.63) is 130 Å². The molecule has 0 aliphatic rings. The summed E-state index contributed by atoms with van der Waals surface area (Å²) in [5.41, 5.74) is -1.09. The van der Waals surface area contributed by atoms with E-state index < -0.39 is 68.8 Å². The lowest BCUT2D eigenvalue weighted by atomic mass is 9.97. The normalized spacial score (nSPS) is 11.7. The summed E-state index contributed by atoms with van der Waals surface area (Å²) in [4.78, 5) is 0. The van der Waals surface area contributed by atoms with E-state index in [0.717, 1.165) is 73.6 Å². The third-order valence-electron chi connectivity index (χ3n) is 7.90. The van der Waals surface area contributed by atoms with E-state index in [1.54, 1.807) is 6.07 Å². The minimum absolute atomic E-state index is 0.00502. The Morgan fingerprint density at radius 3 is 1.88 bits per heavy atom. The van der Waals surface area contributed by atoms with Crippen LogP contribution in [0.25, 0.3) is 45.2 Å². The van der Waals surface area contributed by atoms with E-state index in [0.29, 0.717) is 12.5 Å². The summed E-state index contributed by atoms with van der Waals surface area (Å²) in [6, 6.07) is 12.5. The molecule has 0 heterocycles. The van der Waals surface area contributed by atoms with E-state index in [-0.39, 0.29) is 27.8 Å². The van der Waals surface area contributed by atoms with Gasteiger partial charge < -0.3 is 0 Å². The van der Waals surface area contributed by atoms with Crippen LogP contribution in [0.1, 0.15) is 54.9 Å². The molecule has 0 saturated heterocycles. The van der Waals surface area contributed by atoms with Crippen molar-refractivity contribution in [1.82, 2.24) is 0 Å². The number of benzene rings is 5. The first-order valence-corrected chi connectivity index (χ1v) is 15.2. The lowest BCUT2D eigenvalue weighted by Crippen LogP contribution is -2.03. The summed E-state index contributed by atoms with van der Waals surface area (Å²) in [7, 11) is 0. The van der Waals surface area contributed by atoms with E-state index in [4.69, 9.17) is 0 Å². The van der Waals surface area contributed by atoms with Crippen molar-refractivity contribution in [2.75, 3.05) is 0 Å². The fraction of sp³-hybridized carbons (Fsp3) is 0.179. The Morgan fingerprint density at radius 1 is 0.612 bits per heavy atom. The van der Waals surface area contributed by atoms with E-state index >= 15 is 13.2 Å². The van der Waals surface area contributed by atoms with Gasteiger partial charge in [0.25, 0.3) is 0 Å². The topological polar surface area (TPSA) is 0 Å². The third kappa shape index (κ3) is 8.16. The molecule has 0 spiro atoms. The molecular weight excluding hydrogens is 658 g/mol. The summed E-state index contributed by atoms with van der Waals surface area (Å²) in [6.45, 7) is 2.09. The molecular formula is C39H26F10. The molecule has 49 heavy (non-hydrogen) atoms. The number of alkyl halides is 3. The van der Waals surface area contributed by atoms with Gasteiger partial charge in [-0.2, -0.15) is 13.2 Å². The predicted molar refractivity (Wildman–Crippen MR) is 171 cm³/mol. The fourth-order valence-corrected chi connectivity index (χ4v) is 5.47. The Bertz CT molecular complexity index is 2110. The molecule has 10 heteroatoms. The molecule has 0 atom stereocenters. The zero-order valence-electron chi connectivity index (χ0n) is 25.8. The smallest absolute Gasteiger partial charge is 0.206 e. The SMILES string of the molecule is CCCCCCc1ccc(-c2cc(F)c(/C=C/c3ccc(-c4cc(F)c5c(F)c(C#CC(F)(F)F)c(F)cc5c4)c(F)c3)c(F)c2)c(F)c1. The number of hydrogen-bond acceptors (Lipinski definition) is 0. The lowest BCUT2D eigenvalue weighted by Gasteiger charge is -2.10. The highest BCUT2D eigenvalue weighted by Crippen LogP contribution is 2.34. The standard InChI is InChI=1S/C39H26F10/c1-2-3-4-5-6-22-7-10-28(31(40)15-22)25-18-33(42)29(34(43)19-25)12-9-23-8-11-27(32(41)16-23)24-17-26-21-35(44)30(13-14-39(47,48)49)38(46)37(26)36(45)20-24/h7-12,15-21H,2-6H2,1H3/b12-9+. The molecule has 0 radical (unpaired) electrons. The van der Waals surface area contributed by atoms with E-state index in [9.17, 15) is 30.7 Å². The number of unbranched alkanes of at least 4 members (excludes halogenated alkanes) is 3. The second kappa shape index (κ2) is 14.6. The Labute approximate surface area is 275 Å². The van der Waals surface area contributed by atoms with E-state index in [1.807, 2.05) is 0 Å². The molecule has 0 amide bonds. The second-order valence-corrected chi connectivity index (χ2v) is 11.4. The summed E-state index contributed by atoms with van der Waals surface area (Å²) < 4.78 is 142. The molecule has 5 aromatic rings. The molecule has 0 saturated carbocycles. The highest BCUT2D eigenvalue weighted by molar-refractivity contribution is 5.90. The zero-order valence-corrected chi connectivity index (χ0v) is 25.8. The zero-order chi connectivity index (χ0) is 35.5. The summed E-state index contributed by atoms with van der Waals surface area (Å²) in [5.74, 6) is -5.82. The number of hydrogen-bond donors (Lipinski definition) is 0. The number of aryl methyl sites for hydroxylation is 1. The van der Waals surface area contributed by atoms with Gasteiger partial charge in [-0.3, -0.25) is 0 Å². The minimum Gasteiger partial charge on any atom is -0.206 e. The monoisotopic (exact) mass is 684 g/mol. The van der Waals surface area contributed by atoms with Crippen molar-refractivity contribution in [1.29, 1.82) is 0 Å². The maximum absolute atomic E-state index is 15.2. The van der Waals surface area contributed by atoms with Gasteiger partial charge in [-0.1, -0.05) is 62.4 Å². The average Bonchev–Trinajstić information content (AvgIpc) is 3.01. The van der Waals surface area contributed by atoms with E-state index in [2.05, 4.69) is 6.92 Å². The Balaban J connectivity index is 1.38. The van der Waals surface area contributed by atoms with Crippen LogP contribution in [0.5, 0.6) is 0 Å². The maximum atomic E-state index is 15.2. The molecule has 0 fully saturated rings. The molecule has 0 aliphatic heterocycles. The highest BCUT2D eigenvalue weighted by Gasteiger charge is 2.24. The fourth-order valence-electron chi connectivity index (χ4n) is 5.47. The van der Waals surface area contributed by atoms with E-state index in [1.165, 1.54) is 36.3 Å². The molecule has 5 rings (SSSR count). The first-order valence-electron chi connectivity index (χ1n) is 15.2. The summed E-state index contributed by atoms with van der Waals surface area (Å²) >= 11 is 0. The van der Waals surface area contributed by atoms with Crippen molar-refractivity contribution >= 4 is 22.9 Å². The predicted octanol–water partition coefficient (Wildman–Crippen LogP) is 12.4. The van der Waals surface area contributed by atoms with Crippen molar-refractivity contribution in [2.45, 2.75) is 45.2 Å². The minimum atomic E-state index is -5.04. The van der Waals surface area contributed by atoms with Crippen LogP contribution in [-0.4, -0.2) is 6.18 Å². The van der Waals surface area contributed by atoms with Crippen LogP contribution in [0.4, 0.5) is 43.9 Å². The van der Waals surface area contributed by atoms with Gasteiger partial charge in [-0.25, -0.2) is 30.7 Å². The summed E-state index contributed by atoms with van der Waals surface area (Å²) in [5, 5.41) is -1.22. The quantitative estimate of drug-likeness (QED) is 0.0628. The molecule has 0 nitrogen and oxygen atoms in total. The summed E-state index contributed by atoms with van der Waals surface area (Å²) in [6.07, 6.45) is 2.03. The van der Waals surface area contributed by atoms with Crippen LogP contribution in [0, 0.1) is 52.6 Å². The van der Waals surface area contributed by atoms with Crippen LogP contribution in [0.2, 0.25) is 0 Å². The Morgan fingerprint density at radius 2 is 1.24 bits per heavy atom. The highest BCUT2D eigenvalue weighted by atomic mass is 19.4. The molecule has 0 bridgehead atoms. The van der Waals surface area contributed by atoms with Crippen LogP contribution in [0.3, 0.4) is 0 Å². The number of halogens is 10. The lowest BCUT2D eigenvalue weighted by molar-refractivity contribution is -0.0696. The Hall–Kier alpha value is -5.04. The largest absolute Gasteiger partial charge is 0.458 e. The Kier molecular flexibility index (Phi) is 10.5. The van der Waals surface area contributed by atoms with Crippen molar-refractivity contribution in [3.8, 4) is 34.1 Å². The van der Waals surface area contributed by atoms with Gasteiger partial charge in [0.2, 0.25) is 0 Å². The second-order valence-electron chi connectivity index (χ2n) is 11.4. The molecule has 0 N–H and O–H groups in total. The first-order chi connectivity index (χ1) is 23.3. The van der Waals surface area contributed by atoms with Crippen LogP contribution in [-0.2, 0) is 6.42 Å². The average molecular weight is 685 g/mol. The van der Waals surface area contributed by atoms with Crippen molar-refractivity contribution < 1.29 is 43.9 Å². The van der Waals surface area contributed by atoms with Gasteiger partial charge in [0.1, 0.15) is 34.9 Å². The van der Waals surface area contributed by atoms with Crippen molar-refractivity contribution in [2.24, 2.45) is 0 Å². The van der Waals surface area contributed by atoms with Gasteiger partial charge >= 0.3 is 6.18 Å². The molecule has 252 valence electrons. The van der Waals surface area contributed by atoms with Gasteiger partial charge in [0.05, 0.1) is 10.9 Å². The van der Waals surface area contributed by atoms with Crippen LogP contribution >= 0.6 is 0 Å². The van der Waals surface area contributed by atoms with Gasteiger partial charge in [-0.05, 0) is 89.0 Å². The maximum Gasteiger partial charge on any atom is 0.458 e.